The second-order valence-electron chi connectivity index (χ2n) is 24.7. The number of hydrogen-bond acceptors (Lipinski definition) is 13. The van der Waals surface area contributed by atoms with Crippen molar-refractivity contribution >= 4 is 95.9 Å². The summed E-state index contributed by atoms with van der Waals surface area (Å²) in [5.74, 6) is -0.200. The fourth-order valence-corrected chi connectivity index (χ4v) is 15.9. The second kappa shape index (κ2) is 21.4. The Balaban J connectivity index is 2.72. The first kappa shape index (κ1) is 59.3. The number of carbonyl (C=O) groups is 1. The minimum atomic E-state index is -2.35. The number of alkyl halides is 2. The van der Waals surface area contributed by atoms with Gasteiger partial charge in [0.05, 0.1) is 11.8 Å². The molecule has 2 heterocycles. The van der Waals surface area contributed by atoms with Crippen molar-refractivity contribution in [3.8, 4) is 0 Å². The van der Waals surface area contributed by atoms with Gasteiger partial charge in [-0.05, 0) is 157 Å². The molecule has 2 rings (SSSR count). The third kappa shape index (κ3) is 20.0. The molecule has 0 saturated carbocycles. The van der Waals surface area contributed by atoms with Crippen LogP contribution in [0.3, 0.4) is 0 Å². The van der Waals surface area contributed by atoms with E-state index in [1.807, 2.05) is 0 Å². The van der Waals surface area contributed by atoms with Crippen LogP contribution in [0, 0.1) is 0 Å². The molecule has 0 aliphatic carbocycles. The summed E-state index contributed by atoms with van der Waals surface area (Å²) in [6.07, 6.45) is -6.78. The van der Waals surface area contributed by atoms with E-state index in [1.54, 1.807) is 0 Å². The molecule has 13 nitrogen and oxygen atoms in total. The molecular formula is C39H88Cl2O13Si8. The molecule has 62 heavy (non-hydrogen) atoms. The highest BCUT2D eigenvalue weighted by atomic mass is 35.5. The molecule has 2 aliphatic rings. The van der Waals surface area contributed by atoms with Gasteiger partial charge >= 0.3 is 6.16 Å². The quantitative estimate of drug-likeness (QED) is 0.0580. The van der Waals surface area contributed by atoms with Gasteiger partial charge in [-0.1, -0.05) is 0 Å². The van der Waals surface area contributed by atoms with Crippen molar-refractivity contribution in [3.63, 3.8) is 0 Å². The summed E-state index contributed by atoms with van der Waals surface area (Å²) in [7, 11) is -18.2. The number of hydrogen-bond donors (Lipinski definition) is 0. The molecule has 0 spiro atoms. The van der Waals surface area contributed by atoms with E-state index in [-0.39, 0.29) is 25.0 Å². The van der Waals surface area contributed by atoms with Crippen LogP contribution in [0.25, 0.3) is 0 Å². The number of rotatable bonds is 22. The maximum absolute atomic E-state index is 14.1. The molecule has 368 valence electrons. The Morgan fingerprint density at radius 1 is 0.387 bits per heavy atom. The number of halogens is 2. The topological polar surface area (TPSA) is 128 Å². The Kier molecular flexibility index (Phi) is 20.5. The van der Waals surface area contributed by atoms with E-state index in [0.717, 1.165) is 0 Å². The molecule has 10 atom stereocenters. The Bertz CT molecular complexity index is 1330. The van der Waals surface area contributed by atoms with Crippen LogP contribution in [0.15, 0.2) is 0 Å². The molecule has 0 radical (unpaired) electrons. The van der Waals surface area contributed by atoms with Crippen molar-refractivity contribution in [1.29, 1.82) is 0 Å². The maximum Gasteiger partial charge on any atom is 0.508 e. The zero-order chi connectivity index (χ0) is 48.5. The lowest BCUT2D eigenvalue weighted by molar-refractivity contribution is -0.309. The molecule has 0 amide bonds. The lowest BCUT2D eigenvalue weighted by atomic mass is 9.88. The summed E-state index contributed by atoms with van der Waals surface area (Å²) in [6, 6.07) is 0. The van der Waals surface area contributed by atoms with E-state index in [4.69, 9.17) is 77.6 Å². The summed E-state index contributed by atoms with van der Waals surface area (Å²) in [5.41, 5.74) is -2.81. The van der Waals surface area contributed by atoms with Crippen molar-refractivity contribution in [3.05, 3.63) is 0 Å². The number of ether oxygens (including phenoxy) is 4. The highest BCUT2D eigenvalue weighted by Crippen LogP contribution is 2.43. The van der Waals surface area contributed by atoms with E-state index >= 15 is 0 Å². The number of carbonyl (C=O) groups excluding carboxylic acids is 1. The molecule has 0 aromatic rings. The van der Waals surface area contributed by atoms with Crippen LogP contribution in [-0.2, 0) is 54.4 Å². The van der Waals surface area contributed by atoms with Crippen molar-refractivity contribution in [1.82, 2.24) is 0 Å². The van der Waals surface area contributed by atoms with Crippen LogP contribution >= 0.6 is 23.2 Å². The van der Waals surface area contributed by atoms with Gasteiger partial charge in [-0.3, -0.25) is 0 Å². The lowest BCUT2D eigenvalue weighted by Crippen LogP contribution is -2.73. The summed E-state index contributed by atoms with van der Waals surface area (Å²) < 4.78 is 81.5. The standard InChI is InChI=1S/C39H88Cl2O13Si8/c1-55(2,3)47-29-31(49-57(7,8)9)35(53-61(19,20)21)45-38(25-40,33(29)51-59(13,14)15)27-43-37(42)44-28-39(26-41)34(52-60(16,17)18)30(48-56(4,5)6)32(50-58(10,11)12)36(46-39)54-62(22,23)24/h29-36H,25-28H2,1-24H3. The first-order valence-corrected chi connectivity index (χ1v) is 50.4. The van der Waals surface area contributed by atoms with Crippen molar-refractivity contribution in [2.24, 2.45) is 0 Å². The molecule has 0 bridgehead atoms. The first-order chi connectivity index (χ1) is 27.4. The molecule has 0 aromatic carbocycles. The van der Waals surface area contributed by atoms with E-state index in [9.17, 15) is 4.79 Å². The molecule has 10 unspecified atom stereocenters. The SMILES string of the molecule is C[Si](C)(C)OC1OC(CCl)(COC(=O)OCC2(CCl)OC(O[Si](C)(C)C)C(O[Si](C)(C)C)C(O[Si](C)(C)C)C2O[Si](C)(C)C)C(O[Si](C)(C)C)C(O[Si](C)(C)C)C1O[Si](C)(C)C. The average molecular weight is 1060 g/mol. The molecule has 2 fully saturated rings. The Morgan fingerprint density at radius 3 is 0.823 bits per heavy atom. The maximum atomic E-state index is 14.1. The van der Waals surface area contributed by atoms with Gasteiger partial charge in [0.25, 0.3) is 0 Å². The van der Waals surface area contributed by atoms with Crippen LogP contribution in [0.5, 0.6) is 0 Å². The first-order valence-electron chi connectivity index (χ1n) is 22.1. The fraction of sp³-hybridized carbons (Fsp3) is 0.974. The van der Waals surface area contributed by atoms with E-state index in [0.29, 0.717) is 0 Å². The molecular weight excluding hydrogens is 972 g/mol. The minimum Gasteiger partial charge on any atom is -0.431 e. The van der Waals surface area contributed by atoms with E-state index in [2.05, 4.69) is 157 Å². The van der Waals surface area contributed by atoms with Crippen molar-refractivity contribution in [2.75, 3.05) is 25.0 Å². The lowest BCUT2D eigenvalue weighted by Gasteiger charge is -2.56. The van der Waals surface area contributed by atoms with Crippen LogP contribution in [0.4, 0.5) is 4.79 Å². The smallest absolute Gasteiger partial charge is 0.431 e. The Hall–Kier alpha value is 1.19. The monoisotopic (exact) mass is 1060 g/mol. The third-order valence-electron chi connectivity index (χ3n) is 8.70. The van der Waals surface area contributed by atoms with Gasteiger partial charge in [-0.2, -0.15) is 0 Å². The zero-order valence-electron chi connectivity index (χ0n) is 43.0. The van der Waals surface area contributed by atoms with Gasteiger partial charge < -0.3 is 54.4 Å². The van der Waals surface area contributed by atoms with Crippen molar-refractivity contribution < 1.29 is 59.2 Å². The predicted octanol–water partition coefficient (Wildman–Crippen LogP) is 10.8. The van der Waals surface area contributed by atoms with Gasteiger partial charge in [0.2, 0.25) is 0 Å². The fourth-order valence-electron chi connectivity index (χ4n) is 7.04. The summed E-state index contributed by atoms with van der Waals surface area (Å²) in [4.78, 5) is 14.1. The summed E-state index contributed by atoms with van der Waals surface area (Å²) in [6.45, 7) is 50.0. The summed E-state index contributed by atoms with van der Waals surface area (Å²) in [5, 5.41) is 0. The molecule has 0 N–H and O–H groups in total. The zero-order valence-corrected chi connectivity index (χ0v) is 52.5. The second-order valence-corrected chi connectivity index (χ2v) is 61.0. The summed E-state index contributed by atoms with van der Waals surface area (Å²) >= 11 is 14.0. The molecule has 2 saturated heterocycles. The Labute approximate surface area is 395 Å². The molecule has 0 aromatic heterocycles. The molecule has 2 aliphatic heterocycles. The van der Waals surface area contributed by atoms with E-state index < -0.39 is 133 Å². The average Bonchev–Trinajstić information content (AvgIpc) is 3.00. The van der Waals surface area contributed by atoms with Gasteiger partial charge in [-0.25, -0.2) is 4.79 Å². The normalized spacial score (nSPS) is 31.3. The van der Waals surface area contributed by atoms with Crippen LogP contribution in [0.2, 0.25) is 157 Å². The third-order valence-corrected chi connectivity index (χ3v) is 17.3. The highest BCUT2D eigenvalue weighted by molar-refractivity contribution is 6.72. The predicted molar refractivity (Wildman–Crippen MR) is 272 cm³/mol. The Morgan fingerprint density at radius 2 is 0.613 bits per heavy atom. The van der Waals surface area contributed by atoms with Crippen LogP contribution < -0.4 is 0 Å². The van der Waals surface area contributed by atoms with Gasteiger partial charge in [-0.15, -0.1) is 23.2 Å². The van der Waals surface area contributed by atoms with Crippen LogP contribution in [0.1, 0.15) is 0 Å². The van der Waals surface area contributed by atoms with Crippen molar-refractivity contribution in [2.45, 2.75) is 218 Å². The highest BCUT2D eigenvalue weighted by Gasteiger charge is 2.62. The van der Waals surface area contributed by atoms with Gasteiger partial charge in [0, 0.05) is 0 Å². The van der Waals surface area contributed by atoms with Gasteiger partial charge in [0.1, 0.15) is 61.0 Å². The van der Waals surface area contributed by atoms with E-state index in [1.165, 1.54) is 0 Å². The minimum absolute atomic E-state index is 0.100. The van der Waals surface area contributed by atoms with Crippen LogP contribution in [-0.4, -0.2) is 158 Å². The molecule has 23 heteroatoms. The largest absolute Gasteiger partial charge is 0.508 e. The van der Waals surface area contributed by atoms with Gasteiger partial charge in [0.15, 0.2) is 79.1 Å².